The Labute approximate surface area is 385 Å². The van der Waals surface area contributed by atoms with Crippen molar-refractivity contribution in [1.29, 1.82) is 0 Å². The van der Waals surface area contributed by atoms with E-state index in [1.165, 1.54) is 50.2 Å². The van der Waals surface area contributed by atoms with Gasteiger partial charge in [-0.25, -0.2) is 9.98 Å². The van der Waals surface area contributed by atoms with Gasteiger partial charge in [-0.05, 0) is 95.1 Å². The van der Waals surface area contributed by atoms with Gasteiger partial charge in [0.05, 0.1) is 34.2 Å². The smallest absolute Gasteiger partial charge is 0.220 e. The van der Waals surface area contributed by atoms with Crippen molar-refractivity contribution in [2.45, 2.75) is 31.2 Å². The third-order valence-corrected chi connectivity index (χ3v) is 13.6. The molecule has 1 aromatic heterocycles. The second-order valence-corrected chi connectivity index (χ2v) is 17.3. The lowest BCUT2D eigenvalue weighted by atomic mass is 9.67. The number of fused-ring (bicyclic) bond motifs is 10. The SMILES string of the molecule is CC(N=C(N=C(N)c1ccccc1)c1ccc2c(c1)C(c1ccccc1)(c1ccccc1)c1ccccc1-2)c1ccc(N2c3ccccc3-c3ccccc3-n3c2nc2c3CCC=C2)cc1. The molecule has 1 aliphatic heterocycles. The summed E-state index contributed by atoms with van der Waals surface area (Å²) in [6.45, 7) is 2.13. The van der Waals surface area contributed by atoms with Crippen molar-refractivity contribution in [3.63, 3.8) is 0 Å². The largest absolute Gasteiger partial charge is 0.383 e. The fourth-order valence-electron chi connectivity index (χ4n) is 10.5. The Kier molecular flexibility index (Phi) is 9.53. The highest BCUT2D eigenvalue weighted by atomic mass is 15.3. The number of aromatic nitrogens is 2. The number of para-hydroxylation sites is 2. The molecule has 1 unspecified atom stereocenters. The fourth-order valence-corrected chi connectivity index (χ4v) is 10.5. The quantitative estimate of drug-likeness (QED) is 0.128. The van der Waals surface area contributed by atoms with Crippen LogP contribution < -0.4 is 10.6 Å². The second-order valence-electron chi connectivity index (χ2n) is 17.3. The molecule has 0 saturated heterocycles. The summed E-state index contributed by atoms with van der Waals surface area (Å²) in [5.74, 6) is 1.87. The highest BCUT2D eigenvalue weighted by Crippen LogP contribution is 2.56. The summed E-state index contributed by atoms with van der Waals surface area (Å²) in [4.78, 5) is 18.3. The number of hydrogen-bond acceptors (Lipinski definition) is 3. The van der Waals surface area contributed by atoms with Crippen LogP contribution in [0.25, 0.3) is 34.0 Å². The normalized spacial score (nSPS) is 14.8. The summed E-state index contributed by atoms with van der Waals surface area (Å²) in [6.07, 6.45) is 6.32. The molecule has 2 heterocycles. The molecule has 6 heteroatoms. The summed E-state index contributed by atoms with van der Waals surface area (Å²) in [6, 6.07) is 73.0. The van der Waals surface area contributed by atoms with E-state index in [1.54, 1.807) is 0 Å². The van der Waals surface area contributed by atoms with Crippen LogP contribution in [-0.2, 0) is 11.8 Å². The minimum atomic E-state index is -0.566. The molecule has 6 nitrogen and oxygen atoms in total. The Morgan fingerprint density at radius 3 is 1.89 bits per heavy atom. The number of aliphatic imine (C=N–C) groups is 2. The monoisotopic (exact) mass is 850 g/mol. The molecule has 0 amide bonds. The topological polar surface area (TPSA) is 71.8 Å². The molecule has 8 aromatic carbocycles. The molecule has 66 heavy (non-hydrogen) atoms. The van der Waals surface area contributed by atoms with Crippen LogP contribution in [-0.4, -0.2) is 21.2 Å². The first-order chi connectivity index (χ1) is 32.6. The second kappa shape index (κ2) is 16.0. The Hall–Kier alpha value is -8.35. The van der Waals surface area contributed by atoms with Gasteiger partial charge in [-0.2, -0.15) is 0 Å². The number of anilines is 3. The predicted molar refractivity (Wildman–Crippen MR) is 270 cm³/mol. The van der Waals surface area contributed by atoms with Crippen LogP contribution in [0.4, 0.5) is 17.3 Å². The molecule has 0 bridgehead atoms. The van der Waals surface area contributed by atoms with E-state index in [9.17, 15) is 0 Å². The van der Waals surface area contributed by atoms with Gasteiger partial charge in [-0.3, -0.25) is 14.5 Å². The lowest BCUT2D eigenvalue weighted by molar-refractivity contribution is 0.768. The zero-order valence-corrected chi connectivity index (χ0v) is 36.6. The first-order valence-electron chi connectivity index (χ1n) is 22.8. The van der Waals surface area contributed by atoms with Gasteiger partial charge in [0.25, 0.3) is 0 Å². The van der Waals surface area contributed by atoms with Crippen LogP contribution >= 0.6 is 0 Å². The number of allylic oxidation sites excluding steroid dienone is 1. The number of nitrogens with two attached hydrogens (primary N) is 1. The molecule has 0 fully saturated rings. The van der Waals surface area contributed by atoms with E-state index >= 15 is 0 Å². The molecule has 9 aromatic rings. The van der Waals surface area contributed by atoms with Crippen molar-refractivity contribution >= 4 is 35.1 Å². The maximum Gasteiger partial charge on any atom is 0.220 e. The third-order valence-electron chi connectivity index (χ3n) is 13.6. The maximum atomic E-state index is 6.88. The highest BCUT2D eigenvalue weighted by Gasteiger charge is 2.46. The van der Waals surface area contributed by atoms with Crippen LogP contribution in [0.5, 0.6) is 0 Å². The lowest BCUT2D eigenvalue weighted by Crippen LogP contribution is -2.28. The predicted octanol–water partition coefficient (Wildman–Crippen LogP) is 13.6. The van der Waals surface area contributed by atoms with E-state index in [0.717, 1.165) is 58.2 Å². The molecule has 2 aliphatic carbocycles. The standard InChI is InChI=1S/C60H46N6/c1-40(41-33-36-46(37-34-41)65-54-30-16-12-26-49(54)50-27-13-17-31-55(50)66-56-32-18-15-29-53(56)63-59(65)66)62-58(64-57(61)42-19-5-2-6-20-42)43-35-38-48-47-25-11-14-28-51(47)60(52(48)39-43,44-21-7-3-8-22-44)45-23-9-4-10-24-45/h2-17,19-31,33-40H,18,32H2,1H3,(H2,61,62,64). The minimum absolute atomic E-state index is 0.264. The molecule has 12 rings (SSSR count). The molecule has 316 valence electrons. The van der Waals surface area contributed by atoms with Gasteiger partial charge in [-0.15, -0.1) is 0 Å². The fraction of sp³-hybridized carbons (Fsp3) is 0.0833. The number of benzene rings is 8. The van der Waals surface area contributed by atoms with Crippen LogP contribution in [0, 0.1) is 0 Å². The van der Waals surface area contributed by atoms with Crippen molar-refractivity contribution in [1.82, 2.24) is 9.55 Å². The van der Waals surface area contributed by atoms with Crippen molar-refractivity contribution in [3.05, 3.63) is 263 Å². The van der Waals surface area contributed by atoms with Crippen LogP contribution in [0.2, 0.25) is 0 Å². The van der Waals surface area contributed by atoms with E-state index in [1.807, 2.05) is 30.3 Å². The van der Waals surface area contributed by atoms with Gasteiger partial charge in [0.1, 0.15) is 5.84 Å². The summed E-state index contributed by atoms with van der Waals surface area (Å²) in [5, 5.41) is 0. The highest BCUT2D eigenvalue weighted by molar-refractivity contribution is 6.11. The Balaban J connectivity index is 0.989. The van der Waals surface area contributed by atoms with E-state index in [2.05, 4.69) is 204 Å². The number of imidazole rings is 1. The van der Waals surface area contributed by atoms with Crippen molar-refractivity contribution < 1.29 is 0 Å². The average molecular weight is 851 g/mol. The molecular formula is C60H46N6. The van der Waals surface area contributed by atoms with Gasteiger partial charge in [0, 0.05) is 27.9 Å². The van der Waals surface area contributed by atoms with Gasteiger partial charge >= 0.3 is 0 Å². The van der Waals surface area contributed by atoms with Crippen molar-refractivity contribution in [3.8, 4) is 27.9 Å². The van der Waals surface area contributed by atoms with Crippen LogP contribution in [0.15, 0.2) is 222 Å². The van der Waals surface area contributed by atoms with E-state index in [0.29, 0.717) is 11.7 Å². The Morgan fingerprint density at radius 2 is 1.18 bits per heavy atom. The van der Waals surface area contributed by atoms with Gasteiger partial charge < -0.3 is 5.73 Å². The number of nitrogens with zero attached hydrogens (tertiary/aromatic N) is 5. The molecule has 3 aliphatic rings. The zero-order valence-electron chi connectivity index (χ0n) is 36.6. The molecule has 1 atom stereocenters. The van der Waals surface area contributed by atoms with Crippen molar-refractivity contribution in [2.75, 3.05) is 4.90 Å². The van der Waals surface area contributed by atoms with E-state index in [-0.39, 0.29) is 6.04 Å². The molecule has 0 saturated carbocycles. The number of rotatable bonds is 7. The van der Waals surface area contributed by atoms with Crippen molar-refractivity contribution in [2.24, 2.45) is 15.7 Å². The molecular weight excluding hydrogens is 805 g/mol. The number of hydrogen-bond donors (Lipinski definition) is 1. The van der Waals surface area contributed by atoms with Gasteiger partial charge in [0.15, 0.2) is 5.84 Å². The Morgan fingerprint density at radius 1 is 0.591 bits per heavy atom. The molecule has 2 N–H and O–H groups in total. The number of amidine groups is 2. The average Bonchev–Trinajstić information content (AvgIpc) is 3.87. The summed E-state index contributed by atoms with van der Waals surface area (Å²) in [7, 11) is 0. The lowest BCUT2D eigenvalue weighted by Gasteiger charge is -2.34. The first-order valence-corrected chi connectivity index (χ1v) is 22.8. The van der Waals surface area contributed by atoms with Gasteiger partial charge in [0.2, 0.25) is 5.95 Å². The van der Waals surface area contributed by atoms with Gasteiger partial charge in [-0.1, -0.05) is 182 Å². The van der Waals surface area contributed by atoms with Crippen LogP contribution in [0.3, 0.4) is 0 Å². The molecule has 0 spiro atoms. The maximum absolute atomic E-state index is 6.88. The molecule has 0 radical (unpaired) electrons. The first kappa shape index (κ1) is 39.3. The van der Waals surface area contributed by atoms with E-state index in [4.69, 9.17) is 20.7 Å². The summed E-state index contributed by atoms with van der Waals surface area (Å²) in [5.41, 5.74) is 24.2. The third kappa shape index (κ3) is 6.28. The Bertz CT molecular complexity index is 3340. The zero-order chi connectivity index (χ0) is 44.2. The summed E-state index contributed by atoms with van der Waals surface area (Å²) >= 11 is 0. The summed E-state index contributed by atoms with van der Waals surface area (Å²) < 4.78 is 2.37. The minimum Gasteiger partial charge on any atom is -0.383 e. The van der Waals surface area contributed by atoms with Crippen LogP contribution in [0.1, 0.15) is 69.7 Å². The van der Waals surface area contributed by atoms with E-state index < -0.39 is 5.41 Å².